The highest BCUT2D eigenvalue weighted by atomic mass is 16.7. The SMILES string of the molecule is CC[C@H]1OC(=O)[C@H](C)[C@@H](OC2C[C@@](C)(OC)[C@@H](O)[C@H](C)O2)[C@H](C)[C@@H](OC2O[C@H](C)C[C@H](N(C)C)[C@H]2O)[C@](C)(O)C[C@@H](C)C(=O)C[C@@H](O)[C@]1(C)O. The van der Waals surface area contributed by atoms with Gasteiger partial charge in [-0.25, -0.2) is 0 Å². The van der Waals surface area contributed by atoms with Crippen molar-refractivity contribution in [1.82, 2.24) is 4.90 Å². The summed E-state index contributed by atoms with van der Waals surface area (Å²) >= 11 is 0. The summed E-state index contributed by atoms with van der Waals surface area (Å²) in [6.45, 7) is 14.8. The summed E-state index contributed by atoms with van der Waals surface area (Å²) in [6, 6.07) is -0.320. The predicted octanol–water partition coefficient (Wildman–Crippen LogP) is 1.54. The van der Waals surface area contributed by atoms with Crippen molar-refractivity contribution in [2.24, 2.45) is 17.8 Å². The zero-order valence-electron chi connectivity index (χ0n) is 32.1. The van der Waals surface area contributed by atoms with Gasteiger partial charge in [0.2, 0.25) is 0 Å². The Bertz CT molecular complexity index is 1140. The van der Waals surface area contributed by atoms with Crippen LogP contribution in [0.2, 0.25) is 0 Å². The molecule has 3 fully saturated rings. The smallest absolute Gasteiger partial charge is 0.311 e. The van der Waals surface area contributed by atoms with Gasteiger partial charge in [-0.3, -0.25) is 9.59 Å². The van der Waals surface area contributed by atoms with Gasteiger partial charge < -0.3 is 58.9 Å². The number of hydrogen-bond donors (Lipinski definition) is 5. The van der Waals surface area contributed by atoms with Crippen molar-refractivity contribution in [3.63, 3.8) is 0 Å². The van der Waals surface area contributed by atoms with E-state index in [1.54, 1.807) is 41.5 Å². The van der Waals surface area contributed by atoms with Gasteiger partial charge in [-0.1, -0.05) is 20.8 Å². The van der Waals surface area contributed by atoms with Gasteiger partial charge in [0, 0.05) is 37.8 Å². The van der Waals surface area contributed by atoms with Crippen LogP contribution >= 0.6 is 0 Å². The lowest BCUT2D eigenvalue weighted by Crippen LogP contribution is -2.61. The van der Waals surface area contributed by atoms with Crippen molar-refractivity contribution in [2.45, 2.75) is 179 Å². The first-order valence-corrected chi connectivity index (χ1v) is 18.1. The number of aliphatic hydroxyl groups excluding tert-OH is 3. The van der Waals surface area contributed by atoms with Crippen LogP contribution in [0.15, 0.2) is 0 Å². The molecule has 292 valence electrons. The third kappa shape index (κ3) is 9.43. The number of hydrogen-bond acceptors (Lipinski definition) is 14. The first-order chi connectivity index (χ1) is 23.0. The van der Waals surface area contributed by atoms with E-state index in [0.717, 1.165) is 0 Å². The number of rotatable bonds is 7. The standard InChI is InChI=1S/C36H65NO13/c1-13-26-36(9,44)25(39)15-24(38)18(2)16-34(7,43)31(50-33-28(40)23(37(10)11)14-19(3)46-33)20(4)29(21(5)32(42)48-26)49-27-17-35(8,45-12)30(41)22(6)47-27/h18-23,25-31,33,39-41,43-44H,13-17H2,1-12H3/t18-,19-,20+,21-,22+,23+,25-,26-,27?,28-,29+,30+,31-,33?,34-,35-,36+/m1/s1. The molecule has 3 aliphatic heterocycles. The number of carbonyl (C=O) groups is 2. The number of likely N-dealkylation sites (N-methyl/N-ethyl adjacent to an activating group) is 1. The van der Waals surface area contributed by atoms with E-state index in [1.165, 1.54) is 21.0 Å². The molecule has 0 amide bonds. The Kier molecular flexibility index (Phi) is 14.5. The lowest BCUT2D eigenvalue weighted by molar-refractivity contribution is -0.318. The van der Waals surface area contributed by atoms with Crippen LogP contribution in [0.25, 0.3) is 0 Å². The Labute approximate surface area is 297 Å². The molecular weight excluding hydrogens is 654 g/mol. The van der Waals surface area contributed by atoms with E-state index in [1.807, 2.05) is 25.9 Å². The van der Waals surface area contributed by atoms with Gasteiger partial charge >= 0.3 is 5.97 Å². The summed E-state index contributed by atoms with van der Waals surface area (Å²) in [7, 11) is 5.17. The average Bonchev–Trinajstić information content (AvgIpc) is 3.03. The van der Waals surface area contributed by atoms with Crippen LogP contribution in [0.4, 0.5) is 0 Å². The molecule has 0 radical (unpaired) electrons. The fourth-order valence-electron chi connectivity index (χ4n) is 7.94. The van der Waals surface area contributed by atoms with E-state index in [-0.39, 0.29) is 31.4 Å². The maximum absolute atomic E-state index is 14.0. The third-order valence-electron chi connectivity index (χ3n) is 11.4. The van der Waals surface area contributed by atoms with Crippen LogP contribution < -0.4 is 0 Å². The van der Waals surface area contributed by atoms with E-state index >= 15 is 0 Å². The van der Waals surface area contributed by atoms with Crippen molar-refractivity contribution >= 4 is 11.8 Å². The second-order valence-corrected chi connectivity index (χ2v) is 16.0. The quantitative estimate of drug-likeness (QED) is 0.238. The molecule has 17 atom stereocenters. The molecule has 50 heavy (non-hydrogen) atoms. The highest BCUT2D eigenvalue weighted by Crippen LogP contribution is 2.40. The second kappa shape index (κ2) is 16.8. The molecule has 3 rings (SSSR count). The van der Waals surface area contributed by atoms with Crippen molar-refractivity contribution in [3.05, 3.63) is 0 Å². The Morgan fingerprint density at radius 2 is 1.56 bits per heavy atom. The Morgan fingerprint density at radius 1 is 0.940 bits per heavy atom. The van der Waals surface area contributed by atoms with Crippen LogP contribution in [-0.4, -0.2) is 148 Å². The summed E-state index contributed by atoms with van der Waals surface area (Å²) in [5, 5.41) is 57.0. The van der Waals surface area contributed by atoms with Crippen molar-refractivity contribution in [3.8, 4) is 0 Å². The number of aliphatic hydroxyl groups is 5. The topological polar surface area (TPSA) is 194 Å². The van der Waals surface area contributed by atoms with E-state index < -0.39 is 108 Å². The number of Topliss-reactive ketones (excluding diaryl/α,β-unsaturated/α-hetero) is 1. The number of ketones is 1. The largest absolute Gasteiger partial charge is 0.459 e. The maximum atomic E-state index is 14.0. The van der Waals surface area contributed by atoms with Crippen molar-refractivity contribution < 1.29 is 63.5 Å². The van der Waals surface area contributed by atoms with Crippen LogP contribution in [-0.2, 0) is 38.0 Å². The fraction of sp³-hybridized carbons (Fsp3) is 0.944. The van der Waals surface area contributed by atoms with Crippen LogP contribution in [0.3, 0.4) is 0 Å². The lowest BCUT2D eigenvalue weighted by atomic mass is 9.76. The first-order valence-electron chi connectivity index (χ1n) is 18.1. The summed E-state index contributed by atoms with van der Waals surface area (Å²) < 4.78 is 36.9. The summed E-state index contributed by atoms with van der Waals surface area (Å²) in [4.78, 5) is 29.3. The molecule has 3 saturated heterocycles. The highest BCUT2D eigenvalue weighted by molar-refractivity contribution is 5.81. The maximum Gasteiger partial charge on any atom is 0.311 e. The fourth-order valence-corrected chi connectivity index (χ4v) is 7.94. The number of methoxy groups -OCH3 is 1. The summed E-state index contributed by atoms with van der Waals surface area (Å²) in [6.07, 6.45) is -10.0. The average molecular weight is 720 g/mol. The zero-order chi connectivity index (χ0) is 38.1. The minimum atomic E-state index is -1.97. The zero-order valence-corrected chi connectivity index (χ0v) is 32.1. The van der Waals surface area contributed by atoms with E-state index in [0.29, 0.717) is 6.42 Å². The minimum Gasteiger partial charge on any atom is -0.459 e. The highest BCUT2D eigenvalue weighted by Gasteiger charge is 2.52. The molecule has 14 nitrogen and oxygen atoms in total. The monoisotopic (exact) mass is 719 g/mol. The molecule has 0 aromatic carbocycles. The van der Waals surface area contributed by atoms with Gasteiger partial charge in [-0.05, 0) is 74.9 Å². The Balaban J connectivity index is 2.16. The lowest BCUT2D eigenvalue weighted by Gasteiger charge is -2.49. The molecule has 0 aromatic rings. The van der Waals surface area contributed by atoms with Gasteiger partial charge in [-0.2, -0.15) is 0 Å². The van der Waals surface area contributed by atoms with Gasteiger partial charge in [0.15, 0.2) is 12.6 Å². The molecule has 14 heteroatoms. The normalized spacial score (nSPS) is 49.0. The van der Waals surface area contributed by atoms with Crippen molar-refractivity contribution in [2.75, 3.05) is 21.2 Å². The third-order valence-corrected chi connectivity index (χ3v) is 11.4. The molecule has 0 bridgehead atoms. The van der Waals surface area contributed by atoms with Gasteiger partial charge in [-0.15, -0.1) is 0 Å². The molecule has 3 heterocycles. The molecule has 3 aliphatic rings. The Hall–Kier alpha value is -1.30. The first kappa shape index (κ1) is 43.1. The number of cyclic esters (lactones) is 1. The number of carbonyl (C=O) groups excluding carboxylic acids is 2. The minimum absolute atomic E-state index is 0.0956. The Morgan fingerprint density at radius 3 is 2.12 bits per heavy atom. The van der Waals surface area contributed by atoms with Gasteiger partial charge in [0.25, 0.3) is 0 Å². The van der Waals surface area contributed by atoms with Crippen LogP contribution in [0.1, 0.15) is 94.4 Å². The van der Waals surface area contributed by atoms with E-state index in [2.05, 4.69) is 0 Å². The molecule has 0 aliphatic carbocycles. The molecule has 2 unspecified atom stereocenters. The molecule has 0 spiro atoms. The number of esters is 1. The predicted molar refractivity (Wildman–Crippen MR) is 182 cm³/mol. The molecular formula is C36H65NO13. The second-order valence-electron chi connectivity index (χ2n) is 16.0. The molecule has 0 aromatic heterocycles. The molecule has 5 N–H and O–H groups in total. The number of ether oxygens (including phenoxy) is 6. The van der Waals surface area contributed by atoms with Crippen molar-refractivity contribution in [1.29, 1.82) is 0 Å². The number of nitrogens with zero attached hydrogens (tertiary/aromatic N) is 1. The van der Waals surface area contributed by atoms with E-state index in [9.17, 15) is 35.1 Å². The van der Waals surface area contributed by atoms with Crippen LogP contribution in [0.5, 0.6) is 0 Å². The van der Waals surface area contributed by atoms with Gasteiger partial charge in [0.05, 0.1) is 47.6 Å². The molecule has 0 saturated carbocycles. The van der Waals surface area contributed by atoms with Gasteiger partial charge in [0.1, 0.15) is 29.7 Å². The summed E-state index contributed by atoms with van der Waals surface area (Å²) in [5.74, 6) is -3.87. The van der Waals surface area contributed by atoms with Crippen LogP contribution in [0, 0.1) is 17.8 Å². The van der Waals surface area contributed by atoms with E-state index in [4.69, 9.17) is 28.4 Å². The summed E-state index contributed by atoms with van der Waals surface area (Å²) in [5.41, 5.74) is -4.79.